The van der Waals surface area contributed by atoms with E-state index in [1.54, 1.807) is 18.2 Å². The maximum Gasteiger partial charge on any atom is 0.339 e. The third-order valence-electron chi connectivity index (χ3n) is 2.89. The molecule has 0 N–H and O–H groups in total. The molecular weight excluding hydrogens is 322 g/mol. The Bertz CT molecular complexity index is 714. The maximum absolute atomic E-state index is 11.5. The zero-order chi connectivity index (χ0) is 17.2. The summed E-state index contributed by atoms with van der Waals surface area (Å²) in [6, 6.07) is 8.39. The Morgan fingerprint density at radius 3 is 2.42 bits per heavy atom. The summed E-state index contributed by atoms with van der Waals surface area (Å²) in [7, 11) is 0. The van der Waals surface area contributed by atoms with Crippen LogP contribution >= 0.6 is 0 Å². The molecule has 0 aliphatic carbocycles. The molecule has 0 atom stereocenters. The Kier molecular flexibility index (Phi) is 6.99. The Morgan fingerprint density at radius 1 is 1.00 bits per heavy atom. The van der Waals surface area contributed by atoms with Gasteiger partial charge in [0.15, 0.2) is 0 Å². The zero-order valence-corrected chi connectivity index (χ0v) is 12.8. The lowest BCUT2D eigenvalue weighted by molar-refractivity contribution is -0.758. The van der Waals surface area contributed by atoms with Gasteiger partial charge in [-0.15, -0.1) is 10.1 Å². The number of para-hydroxylation sites is 1. The molecule has 0 bridgehead atoms. The third kappa shape index (κ3) is 5.86. The molecule has 0 fully saturated rings. The van der Waals surface area contributed by atoms with Gasteiger partial charge in [-0.1, -0.05) is 12.1 Å². The van der Waals surface area contributed by atoms with Crippen molar-refractivity contribution in [2.45, 2.75) is 0 Å². The average molecular weight is 339 g/mol. The first kappa shape index (κ1) is 17.7. The largest absolute Gasteiger partial charge is 0.490 e. The van der Waals surface area contributed by atoms with Crippen molar-refractivity contribution < 1.29 is 28.6 Å². The highest BCUT2D eigenvalue weighted by Gasteiger charge is 2.05. The molecule has 0 aliphatic rings. The topological polar surface area (TPSA) is 110 Å². The summed E-state index contributed by atoms with van der Waals surface area (Å²) in [5.41, 5.74) is -0.0128. The summed E-state index contributed by atoms with van der Waals surface area (Å²) in [5.74, 6) is 0.443. The van der Waals surface area contributed by atoms with Crippen molar-refractivity contribution >= 4 is 11.0 Å². The van der Waals surface area contributed by atoms with Crippen LogP contribution in [0.25, 0.3) is 11.0 Å². The van der Waals surface area contributed by atoms with Gasteiger partial charge in [-0.05, 0) is 12.1 Å². The molecule has 1 heterocycles. The van der Waals surface area contributed by atoms with E-state index in [0.717, 1.165) is 0 Å². The van der Waals surface area contributed by atoms with Gasteiger partial charge in [0.25, 0.3) is 5.09 Å². The molecule has 130 valence electrons. The molecule has 0 saturated heterocycles. The van der Waals surface area contributed by atoms with Crippen molar-refractivity contribution in [3.63, 3.8) is 0 Å². The smallest absolute Gasteiger partial charge is 0.339 e. The van der Waals surface area contributed by atoms with Crippen LogP contribution in [0.3, 0.4) is 0 Å². The number of nitrogens with zero attached hydrogens (tertiary/aromatic N) is 1. The van der Waals surface area contributed by atoms with E-state index in [9.17, 15) is 14.9 Å². The van der Waals surface area contributed by atoms with Gasteiger partial charge < -0.3 is 23.5 Å². The van der Waals surface area contributed by atoms with Crippen molar-refractivity contribution in [3.05, 3.63) is 50.9 Å². The minimum absolute atomic E-state index is 0.111. The quantitative estimate of drug-likeness (QED) is 0.261. The van der Waals surface area contributed by atoms with Gasteiger partial charge in [0, 0.05) is 0 Å². The van der Waals surface area contributed by atoms with E-state index in [1.807, 2.05) is 6.07 Å². The lowest BCUT2D eigenvalue weighted by atomic mass is 10.2. The molecule has 0 spiro atoms. The molecule has 9 nitrogen and oxygen atoms in total. The fourth-order valence-corrected chi connectivity index (χ4v) is 1.90. The van der Waals surface area contributed by atoms with Crippen LogP contribution in [0.5, 0.6) is 5.75 Å². The first-order valence-corrected chi connectivity index (χ1v) is 7.25. The molecule has 1 aromatic heterocycles. The normalized spacial score (nSPS) is 10.7. The lowest BCUT2D eigenvalue weighted by Crippen LogP contribution is -2.14. The van der Waals surface area contributed by atoms with Crippen LogP contribution in [0.1, 0.15) is 0 Å². The molecule has 9 heteroatoms. The number of hydrogen-bond acceptors (Lipinski definition) is 8. The molecule has 0 amide bonds. The van der Waals surface area contributed by atoms with Gasteiger partial charge in [-0.25, -0.2) is 4.79 Å². The van der Waals surface area contributed by atoms with E-state index in [0.29, 0.717) is 36.5 Å². The molecule has 0 radical (unpaired) electrons. The van der Waals surface area contributed by atoms with Gasteiger partial charge in [-0.3, -0.25) is 0 Å². The van der Waals surface area contributed by atoms with Crippen molar-refractivity contribution in [2.75, 3.05) is 39.6 Å². The number of fused-ring (bicyclic) bond motifs is 1. The highest BCUT2D eigenvalue weighted by molar-refractivity contribution is 5.82. The van der Waals surface area contributed by atoms with Crippen LogP contribution in [0.4, 0.5) is 0 Å². The van der Waals surface area contributed by atoms with Crippen molar-refractivity contribution in [2.24, 2.45) is 0 Å². The highest BCUT2D eigenvalue weighted by Crippen LogP contribution is 2.22. The van der Waals surface area contributed by atoms with E-state index in [1.165, 1.54) is 6.07 Å². The molecule has 1 aromatic carbocycles. The van der Waals surface area contributed by atoms with E-state index >= 15 is 0 Å². The van der Waals surface area contributed by atoms with Crippen LogP contribution in [0.15, 0.2) is 39.5 Å². The van der Waals surface area contributed by atoms with E-state index < -0.39 is 10.7 Å². The fraction of sp³-hybridized carbons (Fsp3) is 0.400. The molecule has 2 aromatic rings. The standard InChI is InChI=1S/C15H17NO8/c17-15-11-14(12-3-1-2-4-13(12)24-15)22-9-7-20-5-6-21-8-10-23-16(18)19/h1-4,11H,5-10H2. The van der Waals surface area contributed by atoms with Gasteiger partial charge in [-0.2, -0.15) is 0 Å². The van der Waals surface area contributed by atoms with E-state index in [-0.39, 0.29) is 19.8 Å². The van der Waals surface area contributed by atoms with Crippen molar-refractivity contribution in [1.29, 1.82) is 0 Å². The van der Waals surface area contributed by atoms with Crippen LogP contribution < -0.4 is 10.4 Å². The number of hydrogen-bond donors (Lipinski definition) is 0. The summed E-state index contributed by atoms with van der Waals surface area (Å²) in [6.45, 7) is 1.19. The van der Waals surface area contributed by atoms with Crippen molar-refractivity contribution in [3.8, 4) is 5.75 Å². The predicted molar refractivity (Wildman–Crippen MR) is 82.6 cm³/mol. The Morgan fingerprint density at radius 2 is 1.67 bits per heavy atom. The van der Waals surface area contributed by atoms with E-state index in [4.69, 9.17) is 18.6 Å². The lowest BCUT2D eigenvalue weighted by Gasteiger charge is -2.09. The van der Waals surface area contributed by atoms with Crippen molar-refractivity contribution in [1.82, 2.24) is 0 Å². The van der Waals surface area contributed by atoms with Gasteiger partial charge in [0.05, 0.1) is 37.9 Å². The summed E-state index contributed by atoms with van der Waals surface area (Å²) in [4.78, 5) is 25.4. The highest BCUT2D eigenvalue weighted by atomic mass is 17.0. The van der Waals surface area contributed by atoms with Gasteiger partial charge in [0.1, 0.15) is 24.5 Å². The minimum atomic E-state index is -0.870. The van der Waals surface area contributed by atoms with Crippen LogP contribution in [0, 0.1) is 10.1 Å². The molecule has 24 heavy (non-hydrogen) atoms. The minimum Gasteiger partial charge on any atom is -0.490 e. The second-order valence-corrected chi connectivity index (χ2v) is 4.56. The SMILES string of the molecule is O=c1cc(OCCOCCOCCO[N+](=O)[O-])c2ccccc2o1. The summed E-state index contributed by atoms with van der Waals surface area (Å²) < 4.78 is 21.0. The number of benzene rings is 1. The summed E-state index contributed by atoms with van der Waals surface area (Å²) in [6.07, 6.45) is 0. The molecule has 2 rings (SSSR count). The van der Waals surface area contributed by atoms with Crippen LogP contribution in [-0.4, -0.2) is 44.7 Å². The van der Waals surface area contributed by atoms with Crippen LogP contribution in [-0.2, 0) is 14.3 Å². The third-order valence-corrected chi connectivity index (χ3v) is 2.89. The first-order chi connectivity index (χ1) is 11.7. The zero-order valence-electron chi connectivity index (χ0n) is 12.8. The van der Waals surface area contributed by atoms with E-state index in [2.05, 4.69) is 4.84 Å². The second kappa shape index (κ2) is 9.48. The average Bonchev–Trinajstić information content (AvgIpc) is 2.56. The first-order valence-electron chi connectivity index (χ1n) is 7.25. The fourth-order valence-electron chi connectivity index (χ4n) is 1.90. The Balaban J connectivity index is 1.63. The van der Waals surface area contributed by atoms with Gasteiger partial charge in [0.2, 0.25) is 0 Å². The predicted octanol–water partition coefficient (Wildman–Crippen LogP) is 1.41. The van der Waals surface area contributed by atoms with Gasteiger partial charge >= 0.3 is 5.63 Å². The summed E-state index contributed by atoms with van der Waals surface area (Å²) >= 11 is 0. The Hall–Kier alpha value is -2.65. The van der Waals surface area contributed by atoms with Crippen LogP contribution in [0.2, 0.25) is 0 Å². The molecular formula is C15H17NO8. The summed E-state index contributed by atoms with van der Waals surface area (Å²) in [5, 5.41) is 9.73. The molecule has 0 aliphatic heterocycles. The monoisotopic (exact) mass is 339 g/mol. The maximum atomic E-state index is 11.5. The number of ether oxygens (including phenoxy) is 3. The number of rotatable bonds is 11. The Labute approximate surface area is 136 Å². The molecule has 0 unspecified atom stereocenters. The molecule has 0 saturated carbocycles. The second-order valence-electron chi connectivity index (χ2n) is 4.56.